The van der Waals surface area contributed by atoms with Crippen LogP contribution in [0.5, 0.6) is 0 Å². The summed E-state index contributed by atoms with van der Waals surface area (Å²) in [6.45, 7) is 17.8. The van der Waals surface area contributed by atoms with E-state index in [1.165, 1.54) is 38.8 Å². The summed E-state index contributed by atoms with van der Waals surface area (Å²) in [5.41, 5.74) is -0.749. The van der Waals surface area contributed by atoms with Crippen LogP contribution >= 0.6 is 23.2 Å². The molecule has 4 rings (SSSR count). The van der Waals surface area contributed by atoms with Gasteiger partial charge in [0.05, 0.1) is 20.2 Å². The SMILES string of the molecule is CC(C)[C@H](NC(=O)OC(C)(C)C)C(=O)N1CCN(C(=O)c2ccc(Cl)cc2)[C@@H](C(=O)O)C1.COC(=O)[C@H]1CN(C(=O)[C@@H](NC(=O)OC(C)(C)C)C(C)C)CCN1C(=O)c1ccc(Cl)cc1. The van der Waals surface area contributed by atoms with Gasteiger partial charge in [0.15, 0.2) is 0 Å². The van der Waals surface area contributed by atoms with Gasteiger partial charge < -0.3 is 49.6 Å². The number of carbonyl (C=O) groups excluding carboxylic acids is 7. The number of hydrogen-bond acceptors (Lipinski definition) is 11. The Kier molecular flexibility index (Phi) is 19.0. The summed E-state index contributed by atoms with van der Waals surface area (Å²) in [6.07, 6.45) is -1.42. The number of hydrogen-bond donors (Lipinski definition) is 3. The molecular weight excluding hydrogens is 887 g/mol. The average Bonchev–Trinajstić information content (AvgIpc) is 3.22. The number of aliphatic carboxylic acids is 1. The molecule has 0 spiro atoms. The molecule has 0 aromatic heterocycles. The first-order chi connectivity index (χ1) is 30.1. The van der Waals surface area contributed by atoms with Crippen molar-refractivity contribution < 1.29 is 57.7 Å². The van der Waals surface area contributed by atoms with E-state index in [-0.39, 0.29) is 62.9 Å². The zero-order valence-corrected chi connectivity index (χ0v) is 40.3. The maximum Gasteiger partial charge on any atom is 0.408 e. The van der Waals surface area contributed by atoms with Crippen molar-refractivity contribution in [1.29, 1.82) is 0 Å². The summed E-state index contributed by atoms with van der Waals surface area (Å²) in [6, 6.07) is 8.58. The van der Waals surface area contributed by atoms with Gasteiger partial charge in [0.1, 0.15) is 35.4 Å². The molecule has 18 nitrogen and oxygen atoms in total. The largest absolute Gasteiger partial charge is 0.480 e. The first kappa shape index (κ1) is 53.7. The predicted molar refractivity (Wildman–Crippen MR) is 241 cm³/mol. The lowest BCUT2D eigenvalue weighted by Crippen LogP contribution is -2.62. The van der Waals surface area contributed by atoms with Gasteiger partial charge in [-0.3, -0.25) is 19.2 Å². The van der Waals surface area contributed by atoms with E-state index < -0.39 is 71.3 Å². The maximum absolute atomic E-state index is 13.3. The molecule has 4 atom stereocenters. The fourth-order valence-corrected chi connectivity index (χ4v) is 7.06. The van der Waals surface area contributed by atoms with E-state index in [9.17, 15) is 43.5 Å². The smallest absolute Gasteiger partial charge is 0.408 e. The van der Waals surface area contributed by atoms with Gasteiger partial charge in [-0.1, -0.05) is 50.9 Å². The minimum absolute atomic E-state index is 0.0431. The molecule has 0 bridgehead atoms. The second-order valence-corrected chi connectivity index (χ2v) is 19.1. The number of piperazine rings is 2. The first-order valence-electron chi connectivity index (χ1n) is 21.1. The van der Waals surface area contributed by atoms with Crippen LogP contribution in [0.25, 0.3) is 0 Å². The van der Waals surface area contributed by atoms with E-state index in [0.29, 0.717) is 21.2 Å². The summed E-state index contributed by atoms with van der Waals surface area (Å²) >= 11 is 11.8. The molecule has 2 heterocycles. The van der Waals surface area contributed by atoms with E-state index in [2.05, 4.69) is 10.6 Å². The molecule has 2 aliphatic heterocycles. The van der Waals surface area contributed by atoms with Crippen molar-refractivity contribution in [2.75, 3.05) is 46.4 Å². The summed E-state index contributed by atoms with van der Waals surface area (Å²) < 4.78 is 15.4. The monoisotopic (exact) mass is 948 g/mol. The fraction of sp³-hybridized carbons (Fsp3) is 0.556. The lowest BCUT2D eigenvalue weighted by Gasteiger charge is -2.41. The third-order valence-corrected chi connectivity index (χ3v) is 10.6. The number of carbonyl (C=O) groups is 8. The number of carboxylic acid groups (broad SMARTS) is 1. The van der Waals surface area contributed by atoms with Crippen molar-refractivity contribution in [3.63, 3.8) is 0 Å². The van der Waals surface area contributed by atoms with Crippen LogP contribution in [-0.4, -0.2) is 154 Å². The summed E-state index contributed by atoms with van der Waals surface area (Å²) in [7, 11) is 1.23. The zero-order valence-electron chi connectivity index (χ0n) is 38.8. The van der Waals surface area contributed by atoms with E-state index in [4.69, 9.17) is 37.4 Å². The van der Waals surface area contributed by atoms with E-state index in [1.54, 1.807) is 106 Å². The fourth-order valence-electron chi connectivity index (χ4n) is 6.81. The van der Waals surface area contributed by atoms with Crippen LogP contribution < -0.4 is 10.6 Å². The first-order valence-corrected chi connectivity index (χ1v) is 21.9. The van der Waals surface area contributed by atoms with Gasteiger partial charge in [-0.15, -0.1) is 0 Å². The zero-order chi connectivity index (χ0) is 49.1. The van der Waals surface area contributed by atoms with E-state index in [1.807, 2.05) is 0 Å². The highest BCUT2D eigenvalue weighted by molar-refractivity contribution is 6.31. The number of methoxy groups -OCH3 is 1. The van der Waals surface area contributed by atoms with Crippen LogP contribution in [-0.2, 0) is 33.4 Å². The molecule has 0 saturated carbocycles. The Morgan fingerprint density at radius 2 is 0.938 bits per heavy atom. The van der Waals surface area contributed by atoms with Crippen LogP contribution in [0, 0.1) is 11.8 Å². The number of carboxylic acids is 1. The number of amides is 6. The molecule has 358 valence electrons. The van der Waals surface area contributed by atoms with Crippen molar-refractivity contribution in [3.05, 3.63) is 69.7 Å². The quantitative estimate of drug-likeness (QED) is 0.203. The van der Waals surface area contributed by atoms with Gasteiger partial charge in [-0.05, 0) is 102 Å². The predicted octanol–water partition coefficient (Wildman–Crippen LogP) is 5.34. The van der Waals surface area contributed by atoms with Gasteiger partial charge in [0.2, 0.25) is 11.8 Å². The minimum atomic E-state index is -1.22. The number of nitrogens with zero attached hydrogens (tertiary/aromatic N) is 4. The van der Waals surface area contributed by atoms with E-state index in [0.717, 1.165) is 0 Å². The topological polar surface area (TPSA) is 222 Å². The summed E-state index contributed by atoms with van der Waals surface area (Å²) in [5.74, 6) is -3.92. The Balaban J connectivity index is 0.000000345. The highest BCUT2D eigenvalue weighted by atomic mass is 35.5. The summed E-state index contributed by atoms with van der Waals surface area (Å²) in [4.78, 5) is 107. The van der Waals surface area contributed by atoms with Crippen molar-refractivity contribution in [1.82, 2.24) is 30.2 Å². The van der Waals surface area contributed by atoms with Crippen LogP contribution in [0.2, 0.25) is 10.0 Å². The second kappa shape index (κ2) is 23.0. The minimum Gasteiger partial charge on any atom is -0.480 e. The molecule has 2 aromatic carbocycles. The van der Waals surface area contributed by atoms with Gasteiger partial charge in [0, 0.05) is 47.4 Å². The van der Waals surface area contributed by atoms with Crippen molar-refractivity contribution in [2.24, 2.45) is 11.8 Å². The van der Waals surface area contributed by atoms with Crippen molar-refractivity contribution in [3.8, 4) is 0 Å². The van der Waals surface area contributed by atoms with Gasteiger partial charge in [0.25, 0.3) is 11.8 Å². The molecule has 0 aliphatic carbocycles. The molecule has 20 heteroatoms. The highest BCUT2D eigenvalue weighted by Gasteiger charge is 2.42. The lowest BCUT2D eigenvalue weighted by atomic mass is 10.0. The lowest BCUT2D eigenvalue weighted by molar-refractivity contribution is -0.151. The number of ether oxygens (including phenoxy) is 3. The number of alkyl carbamates (subject to hydrolysis) is 2. The second-order valence-electron chi connectivity index (χ2n) is 18.2. The molecule has 3 N–H and O–H groups in total. The Hall–Kier alpha value is -5.62. The Labute approximate surface area is 390 Å². The Morgan fingerprint density at radius 1 is 0.600 bits per heavy atom. The molecule has 0 radical (unpaired) electrons. The molecule has 6 amide bonds. The molecule has 2 aliphatic rings. The van der Waals surface area contributed by atoms with Crippen LogP contribution in [0.4, 0.5) is 9.59 Å². The number of halogens is 2. The Morgan fingerprint density at radius 3 is 1.25 bits per heavy atom. The van der Waals surface area contributed by atoms with Crippen LogP contribution in [0.15, 0.2) is 48.5 Å². The molecule has 2 aromatic rings. The van der Waals surface area contributed by atoms with Crippen molar-refractivity contribution >= 4 is 71.0 Å². The van der Waals surface area contributed by atoms with Crippen molar-refractivity contribution in [2.45, 2.75) is 105 Å². The average molecular weight is 950 g/mol. The molecule has 2 fully saturated rings. The van der Waals surface area contributed by atoms with Crippen LogP contribution in [0.3, 0.4) is 0 Å². The normalized spacial score (nSPS) is 17.5. The Bertz CT molecular complexity index is 2040. The van der Waals surface area contributed by atoms with E-state index >= 15 is 0 Å². The highest BCUT2D eigenvalue weighted by Crippen LogP contribution is 2.22. The van der Waals surface area contributed by atoms with Gasteiger partial charge in [-0.2, -0.15) is 0 Å². The standard InChI is InChI=1S/C23H32ClN3O6.C22H30ClN3O6/c1-14(2)18(25-22(31)33-23(3,4)5)20(29)26-11-12-27(17(13-26)21(30)32-6)19(28)15-7-9-16(24)10-8-15;1-13(2)17(24-21(31)32-22(3,4)5)19(28)25-10-11-26(16(12-25)20(29)30)18(27)14-6-8-15(23)9-7-14/h7-10,14,17-18H,11-13H2,1-6H3,(H,25,31);6-9,13,16-17H,10-12H2,1-5H3,(H,24,31)(H,29,30)/t17-,18+;16-,17+/m11/s1. The summed E-state index contributed by atoms with van der Waals surface area (Å²) in [5, 5.41) is 15.9. The van der Waals surface area contributed by atoms with Gasteiger partial charge >= 0.3 is 24.1 Å². The number of benzene rings is 2. The maximum atomic E-state index is 13.3. The number of nitrogens with one attached hydrogen (secondary N) is 2. The molecule has 2 saturated heterocycles. The molecule has 0 unspecified atom stereocenters. The third-order valence-electron chi connectivity index (χ3n) is 10.1. The van der Waals surface area contributed by atoms with Gasteiger partial charge in [-0.25, -0.2) is 19.2 Å². The third kappa shape index (κ3) is 15.8. The number of esters is 1. The number of rotatable bonds is 10. The molecule has 65 heavy (non-hydrogen) atoms. The van der Waals surface area contributed by atoms with Crippen LogP contribution in [0.1, 0.15) is 90.0 Å². The molecular formula is C45H62Cl2N6O12.